The lowest BCUT2D eigenvalue weighted by atomic mass is 9.79. The Balaban J connectivity index is 2.26. The zero-order chi connectivity index (χ0) is 15.5. The maximum Gasteiger partial charge on any atom is 0.237 e. The number of anilines is 1. The molecule has 114 valence electrons. The van der Waals surface area contributed by atoms with Crippen molar-refractivity contribution in [1.82, 2.24) is 0 Å². The molecule has 3 N–H and O–H groups in total. The van der Waals surface area contributed by atoms with E-state index < -0.39 is 11.2 Å². The molecule has 0 bridgehead atoms. The Morgan fingerprint density at radius 1 is 1.29 bits per heavy atom. The number of hydrogen-bond donors (Lipinski definition) is 2. The number of aryl methyl sites for hydroxylation is 1. The molecule has 0 aromatic heterocycles. The summed E-state index contributed by atoms with van der Waals surface area (Å²) in [5.74, 6) is -0.720. The topological polar surface area (TPSA) is 55.1 Å². The second kappa shape index (κ2) is 6.52. The summed E-state index contributed by atoms with van der Waals surface area (Å²) in [5, 5.41) is 2.69. The lowest BCUT2D eigenvalue weighted by molar-refractivity contribution is -0.122. The van der Waals surface area contributed by atoms with Crippen LogP contribution in [-0.4, -0.2) is 10.9 Å². The lowest BCUT2D eigenvalue weighted by Crippen LogP contribution is -2.45. The average molecular weight is 308 g/mol. The summed E-state index contributed by atoms with van der Waals surface area (Å²) in [6, 6.07) is 4.64. The summed E-state index contributed by atoms with van der Waals surface area (Å²) in [6.07, 6.45) is 5.28. The molecule has 3 nitrogen and oxygen atoms in total. The van der Waals surface area contributed by atoms with Gasteiger partial charge in [-0.2, -0.15) is 0 Å². The number of halogens is 1. The van der Waals surface area contributed by atoms with E-state index in [0.717, 1.165) is 31.2 Å². The van der Waals surface area contributed by atoms with Gasteiger partial charge in [0.15, 0.2) is 0 Å². The fraction of sp³-hybridized carbons (Fsp3) is 0.500. The zero-order valence-electron chi connectivity index (χ0n) is 12.2. The van der Waals surface area contributed by atoms with Gasteiger partial charge in [0.2, 0.25) is 5.91 Å². The first-order chi connectivity index (χ1) is 9.95. The van der Waals surface area contributed by atoms with Crippen LogP contribution in [0.3, 0.4) is 0 Å². The van der Waals surface area contributed by atoms with E-state index >= 15 is 0 Å². The first kappa shape index (κ1) is 15.9. The van der Waals surface area contributed by atoms with Gasteiger partial charge < -0.3 is 11.1 Å². The molecule has 0 radical (unpaired) electrons. The molecule has 5 heteroatoms. The maximum absolute atomic E-state index is 13.8. The van der Waals surface area contributed by atoms with Gasteiger partial charge in [-0.3, -0.25) is 4.79 Å². The predicted octanol–water partition coefficient (Wildman–Crippen LogP) is 3.70. The van der Waals surface area contributed by atoms with Gasteiger partial charge in [-0.05, 0) is 37.5 Å². The van der Waals surface area contributed by atoms with E-state index in [0.29, 0.717) is 12.8 Å². The van der Waals surface area contributed by atoms with Crippen molar-refractivity contribution >= 4 is 28.8 Å². The van der Waals surface area contributed by atoms with Crippen LogP contribution in [-0.2, 0) is 4.79 Å². The minimum atomic E-state index is -0.845. The fourth-order valence-corrected chi connectivity index (χ4v) is 3.19. The number of amides is 1. The van der Waals surface area contributed by atoms with Gasteiger partial charge in [0, 0.05) is 0 Å². The van der Waals surface area contributed by atoms with Crippen molar-refractivity contribution in [2.45, 2.75) is 45.4 Å². The minimum absolute atomic E-state index is 0.194. The molecule has 1 aromatic carbocycles. The van der Waals surface area contributed by atoms with Crippen molar-refractivity contribution in [3.63, 3.8) is 0 Å². The molecule has 0 spiro atoms. The third-order valence-electron chi connectivity index (χ3n) is 4.23. The average Bonchev–Trinajstić information content (AvgIpc) is 2.69. The lowest BCUT2D eigenvalue weighted by Gasteiger charge is -2.30. The molecule has 0 heterocycles. The minimum Gasteiger partial charge on any atom is -0.392 e. The Kier molecular flexibility index (Phi) is 4.93. The second-order valence-electron chi connectivity index (χ2n) is 5.80. The van der Waals surface area contributed by atoms with Crippen LogP contribution in [0.4, 0.5) is 10.1 Å². The SMILES string of the molecule is Cc1ccc(F)c(NC(=O)C2(C(N)=S)CCCCCC2)c1. The van der Waals surface area contributed by atoms with Crippen molar-refractivity contribution in [1.29, 1.82) is 0 Å². The number of hydrogen-bond acceptors (Lipinski definition) is 2. The van der Waals surface area contributed by atoms with E-state index in [1.165, 1.54) is 6.07 Å². The van der Waals surface area contributed by atoms with Gasteiger partial charge in [-0.1, -0.05) is 44.0 Å². The summed E-state index contributed by atoms with van der Waals surface area (Å²) in [4.78, 5) is 12.9. The van der Waals surface area contributed by atoms with Gasteiger partial charge in [0.05, 0.1) is 16.1 Å². The monoisotopic (exact) mass is 308 g/mol. The van der Waals surface area contributed by atoms with E-state index in [1.807, 2.05) is 6.92 Å². The second-order valence-corrected chi connectivity index (χ2v) is 6.24. The van der Waals surface area contributed by atoms with Crippen LogP contribution in [0.25, 0.3) is 0 Å². The standard InChI is InChI=1S/C16H21FN2OS/c1-11-6-7-12(17)13(10-11)19-15(20)16(14(18)21)8-4-2-3-5-9-16/h6-7,10H,2-5,8-9H2,1H3,(H2,18,21)(H,19,20). The van der Waals surface area contributed by atoms with Crippen LogP contribution < -0.4 is 11.1 Å². The highest BCUT2D eigenvalue weighted by atomic mass is 32.1. The molecule has 0 unspecified atom stereocenters. The Bertz CT molecular complexity index is 551. The van der Waals surface area contributed by atoms with Crippen molar-refractivity contribution in [2.24, 2.45) is 11.1 Å². The van der Waals surface area contributed by atoms with Gasteiger partial charge in [-0.15, -0.1) is 0 Å². The molecule has 21 heavy (non-hydrogen) atoms. The number of carbonyl (C=O) groups excluding carboxylic acids is 1. The third kappa shape index (κ3) is 3.40. The van der Waals surface area contributed by atoms with Crippen LogP contribution in [0.2, 0.25) is 0 Å². The largest absolute Gasteiger partial charge is 0.392 e. The van der Waals surface area contributed by atoms with Gasteiger partial charge in [-0.25, -0.2) is 4.39 Å². The third-order valence-corrected chi connectivity index (χ3v) is 4.62. The summed E-state index contributed by atoms with van der Waals surface area (Å²) in [6.45, 7) is 1.85. The quantitative estimate of drug-likeness (QED) is 0.661. The highest BCUT2D eigenvalue weighted by Crippen LogP contribution is 2.37. The van der Waals surface area contributed by atoms with Gasteiger partial charge >= 0.3 is 0 Å². The van der Waals surface area contributed by atoms with Crippen molar-refractivity contribution in [3.05, 3.63) is 29.6 Å². The van der Waals surface area contributed by atoms with Crippen LogP contribution in [0.1, 0.15) is 44.1 Å². The van der Waals surface area contributed by atoms with E-state index in [2.05, 4.69) is 5.32 Å². The highest BCUT2D eigenvalue weighted by molar-refractivity contribution is 7.80. The Morgan fingerprint density at radius 2 is 1.90 bits per heavy atom. The summed E-state index contributed by atoms with van der Waals surface area (Å²) in [5.41, 5.74) is 6.11. The molecular formula is C16H21FN2OS. The van der Waals surface area contributed by atoms with Crippen molar-refractivity contribution in [3.8, 4) is 0 Å². The molecule has 1 aliphatic rings. The molecule has 0 saturated heterocycles. The number of carbonyl (C=O) groups is 1. The highest BCUT2D eigenvalue weighted by Gasteiger charge is 2.41. The summed E-state index contributed by atoms with van der Waals surface area (Å²) < 4.78 is 13.8. The molecule has 0 atom stereocenters. The first-order valence-electron chi connectivity index (χ1n) is 7.33. The smallest absolute Gasteiger partial charge is 0.237 e. The Hall–Kier alpha value is -1.49. The van der Waals surface area contributed by atoms with Gasteiger partial charge in [0.1, 0.15) is 5.82 Å². The molecule has 2 rings (SSSR count). The first-order valence-corrected chi connectivity index (χ1v) is 7.74. The zero-order valence-corrected chi connectivity index (χ0v) is 13.1. The summed E-state index contributed by atoms with van der Waals surface area (Å²) >= 11 is 5.16. The molecule has 1 fully saturated rings. The van der Waals surface area contributed by atoms with E-state index in [-0.39, 0.29) is 16.6 Å². The fourth-order valence-electron chi connectivity index (χ4n) is 2.89. The van der Waals surface area contributed by atoms with Gasteiger partial charge in [0.25, 0.3) is 0 Å². The Labute approximate surface area is 130 Å². The number of rotatable bonds is 3. The van der Waals surface area contributed by atoms with E-state index in [1.54, 1.807) is 12.1 Å². The van der Waals surface area contributed by atoms with Crippen LogP contribution in [0.15, 0.2) is 18.2 Å². The van der Waals surface area contributed by atoms with Crippen molar-refractivity contribution in [2.75, 3.05) is 5.32 Å². The van der Waals surface area contributed by atoms with E-state index in [4.69, 9.17) is 18.0 Å². The molecule has 1 amide bonds. The van der Waals surface area contributed by atoms with Crippen LogP contribution in [0, 0.1) is 18.2 Å². The van der Waals surface area contributed by atoms with Crippen molar-refractivity contribution < 1.29 is 9.18 Å². The Morgan fingerprint density at radius 3 is 2.48 bits per heavy atom. The number of benzene rings is 1. The summed E-state index contributed by atoms with van der Waals surface area (Å²) in [7, 11) is 0. The molecule has 1 saturated carbocycles. The van der Waals surface area contributed by atoms with Crippen LogP contribution >= 0.6 is 12.2 Å². The van der Waals surface area contributed by atoms with Crippen LogP contribution in [0.5, 0.6) is 0 Å². The molecule has 0 aliphatic heterocycles. The molecular weight excluding hydrogens is 287 g/mol. The number of thiocarbonyl (C=S) groups is 1. The number of nitrogens with two attached hydrogens (primary N) is 1. The molecule has 1 aromatic rings. The van der Waals surface area contributed by atoms with E-state index in [9.17, 15) is 9.18 Å². The number of nitrogens with one attached hydrogen (secondary N) is 1. The molecule has 1 aliphatic carbocycles. The normalized spacial score (nSPS) is 17.8. The predicted molar refractivity (Wildman–Crippen MR) is 86.7 cm³/mol. The maximum atomic E-state index is 13.8.